The molecule has 2 aromatic rings. The number of carbonyl (C=O) groups is 1. The third-order valence-electron chi connectivity index (χ3n) is 2.13. The number of hydrogen-bond donors (Lipinski definition) is 1. The third-order valence-corrected chi connectivity index (χ3v) is 4.78. The Balaban J connectivity index is 1.98. The second-order valence-corrected chi connectivity index (χ2v) is 7.21. The lowest BCUT2D eigenvalue weighted by Crippen LogP contribution is -2.02. The summed E-state index contributed by atoms with van der Waals surface area (Å²) in [5.74, 6) is -0.320. The van der Waals surface area contributed by atoms with Gasteiger partial charge in [-0.2, -0.15) is 0 Å². The number of nitrogens with two attached hydrogens (primary N) is 1. The molecule has 0 radical (unpaired) electrons. The van der Waals surface area contributed by atoms with Crippen molar-refractivity contribution in [1.82, 2.24) is 0 Å². The molecule has 2 rings (SSSR count). The summed E-state index contributed by atoms with van der Waals surface area (Å²) in [5.41, 5.74) is 6.33. The number of halogens is 1. The van der Waals surface area contributed by atoms with Gasteiger partial charge in [-0.25, -0.2) is 4.79 Å². The number of thiophene rings is 2. The monoisotopic (exact) mass is 331 g/mol. The molecule has 0 spiro atoms. The van der Waals surface area contributed by atoms with Gasteiger partial charge in [0.15, 0.2) is 0 Å². The van der Waals surface area contributed by atoms with Crippen molar-refractivity contribution in [1.29, 1.82) is 0 Å². The predicted molar refractivity (Wildman–Crippen MR) is 74.6 cm³/mol. The molecular weight excluding hydrogens is 322 g/mol. The van der Waals surface area contributed by atoms with Gasteiger partial charge in [0.25, 0.3) is 0 Å². The van der Waals surface area contributed by atoms with Gasteiger partial charge in [0.2, 0.25) is 0 Å². The summed E-state index contributed by atoms with van der Waals surface area (Å²) in [6.45, 7) is 2.18. The van der Waals surface area contributed by atoms with Crippen molar-refractivity contribution < 1.29 is 9.53 Å². The average molecular weight is 332 g/mol. The van der Waals surface area contributed by atoms with Crippen molar-refractivity contribution in [2.24, 2.45) is 0 Å². The fraction of sp³-hybridized carbons (Fsp3) is 0.182. The van der Waals surface area contributed by atoms with Crippen LogP contribution in [-0.2, 0) is 11.3 Å². The van der Waals surface area contributed by atoms with E-state index in [1.807, 2.05) is 19.1 Å². The van der Waals surface area contributed by atoms with Crippen LogP contribution in [0, 0.1) is 6.92 Å². The number of hydrogen-bond acceptors (Lipinski definition) is 5. The molecule has 90 valence electrons. The van der Waals surface area contributed by atoms with Gasteiger partial charge in [-0.15, -0.1) is 22.7 Å². The van der Waals surface area contributed by atoms with E-state index in [-0.39, 0.29) is 5.97 Å². The summed E-state index contributed by atoms with van der Waals surface area (Å²) in [4.78, 5) is 14.2. The largest absolute Gasteiger partial charge is 0.456 e. The lowest BCUT2D eigenvalue weighted by Gasteiger charge is -2.00. The van der Waals surface area contributed by atoms with Crippen LogP contribution in [0.5, 0.6) is 0 Å². The highest BCUT2D eigenvalue weighted by atomic mass is 79.9. The molecule has 0 bridgehead atoms. The molecule has 0 unspecified atom stereocenters. The van der Waals surface area contributed by atoms with Crippen molar-refractivity contribution in [2.45, 2.75) is 13.5 Å². The molecule has 3 nitrogen and oxygen atoms in total. The normalized spacial score (nSPS) is 10.5. The van der Waals surface area contributed by atoms with Crippen molar-refractivity contribution in [3.05, 3.63) is 36.6 Å². The third kappa shape index (κ3) is 3.08. The number of rotatable bonds is 3. The van der Waals surface area contributed by atoms with E-state index >= 15 is 0 Å². The topological polar surface area (TPSA) is 52.3 Å². The lowest BCUT2D eigenvalue weighted by molar-refractivity contribution is 0.0482. The Morgan fingerprint density at radius 1 is 1.47 bits per heavy atom. The Labute approximate surface area is 115 Å². The van der Waals surface area contributed by atoms with Crippen LogP contribution in [0.3, 0.4) is 0 Å². The summed E-state index contributed by atoms with van der Waals surface area (Å²) >= 11 is 6.27. The Kier molecular flexibility index (Phi) is 3.86. The molecule has 6 heteroatoms. The number of anilines is 1. The van der Waals surface area contributed by atoms with E-state index < -0.39 is 0 Å². The smallest absolute Gasteiger partial charge is 0.348 e. The van der Waals surface area contributed by atoms with E-state index in [9.17, 15) is 4.79 Å². The highest BCUT2D eigenvalue weighted by molar-refractivity contribution is 9.11. The van der Waals surface area contributed by atoms with Gasteiger partial charge in [-0.3, -0.25) is 0 Å². The van der Waals surface area contributed by atoms with Crippen LogP contribution in [0.1, 0.15) is 19.4 Å². The Hall–Kier alpha value is -0.850. The van der Waals surface area contributed by atoms with E-state index in [4.69, 9.17) is 10.5 Å². The number of esters is 1. The molecule has 0 aliphatic heterocycles. The molecule has 17 heavy (non-hydrogen) atoms. The van der Waals surface area contributed by atoms with Crippen molar-refractivity contribution in [3.8, 4) is 0 Å². The minimum Gasteiger partial charge on any atom is -0.456 e. The zero-order chi connectivity index (χ0) is 12.4. The standard InChI is InChI=1S/C11H10BrNO2S2/c1-6-8(13)4-9(16-6)11(14)15-5-7-2-3-10(12)17-7/h2-4H,5,13H2,1H3. The van der Waals surface area contributed by atoms with Crippen LogP contribution in [0.2, 0.25) is 0 Å². The minimum absolute atomic E-state index is 0.298. The first-order valence-corrected chi connectivity index (χ1v) is 7.26. The van der Waals surface area contributed by atoms with Gasteiger partial charge >= 0.3 is 5.97 Å². The molecule has 0 amide bonds. The highest BCUT2D eigenvalue weighted by Gasteiger charge is 2.12. The fourth-order valence-corrected chi connectivity index (χ4v) is 3.47. The van der Waals surface area contributed by atoms with E-state index in [1.54, 1.807) is 17.4 Å². The first kappa shape index (κ1) is 12.6. The Morgan fingerprint density at radius 3 is 2.76 bits per heavy atom. The van der Waals surface area contributed by atoms with E-state index in [2.05, 4.69) is 15.9 Å². The summed E-state index contributed by atoms with van der Waals surface area (Å²) in [6, 6.07) is 5.52. The van der Waals surface area contributed by atoms with Crippen LogP contribution in [0.4, 0.5) is 5.69 Å². The maximum Gasteiger partial charge on any atom is 0.348 e. The predicted octanol–water partition coefficient (Wildman–Crippen LogP) is 3.82. The molecule has 0 aliphatic carbocycles. The van der Waals surface area contributed by atoms with Crippen LogP contribution in [0.15, 0.2) is 22.0 Å². The molecule has 2 aromatic heterocycles. The summed E-state index contributed by atoms with van der Waals surface area (Å²) in [5, 5.41) is 0. The van der Waals surface area contributed by atoms with Crippen LogP contribution in [0.25, 0.3) is 0 Å². The van der Waals surface area contributed by atoms with Gasteiger partial charge in [0.1, 0.15) is 11.5 Å². The average Bonchev–Trinajstić information content (AvgIpc) is 2.83. The van der Waals surface area contributed by atoms with Gasteiger partial charge in [-0.05, 0) is 41.1 Å². The van der Waals surface area contributed by atoms with Crippen molar-refractivity contribution in [2.75, 3.05) is 5.73 Å². The molecule has 0 atom stereocenters. The lowest BCUT2D eigenvalue weighted by atomic mass is 10.4. The molecular formula is C11H10BrNO2S2. The van der Waals surface area contributed by atoms with Gasteiger partial charge < -0.3 is 10.5 Å². The zero-order valence-corrected chi connectivity index (χ0v) is 12.2. The first-order valence-electron chi connectivity index (χ1n) is 4.83. The van der Waals surface area contributed by atoms with E-state index in [1.165, 1.54) is 11.3 Å². The maximum atomic E-state index is 11.7. The van der Waals surface area contributed by atoms with Crippen molar-refractivity contribution >= 4 is 50.3 Å². The molecule has 0 saturated carbocycles. The molecule has 2 N–H and O–H groups in total. The Bertz CT molecular complexity index is 528. The molecule has 0 aliphatic rings. The second kappa shape index (κ2) is 5.20. The summed E-state index contributed by atoms with van der Waals surface area (Å²) in [7, 11) is 0. The van der Waals surface area contributed by atoms with Gasteiger partial charge in [0, 0.05) is 15.4 Å². The van der Waals surface area contributed by atoms with Crippen LogP contribution >= 0.6 is 38.6 Å². The van der Waals surface area contributed by atoms with E-state index in [0.29, 0.717) is 17.2 Å². The zero-order valence-electron chi connectivity index (χ0n) is 9.03. The second-order valence-electron chi connectivity index (χ2n) is 3.40. The first-order chi connectivity index (χ1) is 8.06. The molecule has 0 aromatic carbocycles. The summed E-state index contributed by atoms with van der Waals surface area (Å²) in [6.07, 6.45) is 0. The van der Waals surface area contributed by atoms with Gasteiger partial charge in [0.05, 0.1) is 3.79 Å². The fourth-order valence-electron chi connectivity index (χ4n) is 1.23. The van der Waals surface area contributed by atoms with Crippen LogP contribution in [-0.4, -0.2) is 5.97 Å². The number of aryl methyl sites for hydroxylation is 1. The quantitative estimate of drug-likeness (QED) is 0.870. The number of ether oxygens (including phenoxy) is 1. The number of nitrogen functional groups attached to an aromatic ring is 1. The molecule has 0 saturated heterocycles. The summed E-state index contributed by atoms with van der Waals surface area (Å²) < 4.78 is 6.23. The van der Waals surface area contributed by atoms with E-state index in [0.717, 1.165) is 13.5 Å². The maximum absolute atomic E-state index is 11.7. The molecule has 2 heterocycles. The minimum atomic E-state index is -0.320. The van der Waals surface area contributed by atoms with Gasteiger partial charge in [-0.1, -0.05) is 0 Å². The SMILES string of the molecule is Cc1sc(C(=O)OCc2ccc(Br)s2)cc1N. The van der Waals surface area contributed by atoms with Crippen LogP contribution < -0.4 is 5.73 Å². The number of carbonyl (C=O) groups excluding carboxylic acids is 1. The highest BCUT2D eigenvalue weighted by Crippen LogP contribution is 2.26. The Morgan fingerprint density at radius 2 is 2.24 bits per heavy atom. The molecule has 0 fully saturated rings. The van der Waals surface area contributed by atoms with Crippen molar-refractivity contribution in [3.63, 3.8) is 0 Å².